The number of nitrogens with one attached hydrogen (secondary N) is 1. The van der Waals surface area contributed by atoms with Crippen LogP contribution in [0.1, 0.15) is 20.3 Å². The normalized spacial score (nSPS) is 25.9. The first-order valence-corrected chi connectivity index (χ1v) is 6.25. The Labute approximate surface area is 86.6 Å². The van der Waals surface area contributed by atoms with Gasteiger partial charge in [-0.3, -0.25) is 0 Å². The van der Waals surface area contributed by atoms with E-state index in [4.69, 9.17) is 0 Å². The van der Waals surface area contributed by atoms with E-state index in [9.17, 15) is 8.42 Å². The molecule has 0 aromatic rings. The van der Waals surface area contributed by atoms with Gasteiger partial charge >= 0.3 is 0 Å². The van der Waals surface area contributed by atoms with Crippen LogP contribution >= 0.6 is 0 Å². The lowest BCUT2D eigenvalue weighted by molar-refractivity contribution is -0.00000525. The lowest BCUT2D eigenvalue weighted by atomic mass is 10.2. The Morgan fingerprint density at radius 2 is 2.08 bits per heavy atom. The molecule has 1 heterocycles. The van der Waals surface area contributed by atoms with Crippen molar-refractivity contribution in [2.24, 2.45) is 5.92 Å². The molecule has 1 N–H and O–H groups in total. The fraction of sp³-hybridized carbons (Fsp3) is 1.00. The lowest BCUT2D eigenvalue weighted by Crippen LogP contribution is -3.00. The molecule has 0 aliphatic carbocycles. The predicted octanol–water partition coefficient (Wildman–Crippen LogP) is -2.58. The van der Waals surface area contributed by atoms with Gasteiger partial charge in [-0.05, 0) is 18.9 Å². The van der Waals surface area contributed by atoms with Gasteiger partial charge in [0.15, 0.2) is 9.84 Å². The van der Waals surface area contributed by atoms with E-state index >= 15 is 0 Å². The molecule has 0 amide bonds. The van der Waals surface area contributed by atoms with Gasteiger partial charge in [-0.25, -0.2) is 8.42 Å². The Balaban J connectivity index is 0.00000144. The molecule has 1 unspecified atom stereocenters. The van der Waals surface area contributed by atoms with Crippen LogP contribution in [0, 0.1) is 5.92 Å². The highest BCUT2D eigenvalue weighted by atomic mass is 35.5. The maximum atomic E-state index is 11.0. The number of hydrogen-bond acceptors (Lipinski definition) is 3. The van der Waals surface area contributed by atoms with Crippen molar-refractivity contribution in [3.05, 3.63) is 0 Å². The second-order valence-electron chi connectivity index (χ2n) is 3.90. The monoisotopic (exact) mass is 226 g/mol. The SMILES string of the molecule is CC(C)CNC1CCS(=O)(=O)C1.[Cl-]. The summed E-state index contributed by atoms with van der Waals surface area (Å²) in [6.07, 6.45) is 0.787. The molecule has 3 nitrogen and oxygen atoms in total. The van der Waals surface area contributed by atoms with Crippen molar-refractivity contribution in [1.29, 1.82) is 0 Å². The summed E-state index contributed by atoms with van der Waals surface area (Å²) in [5, 5.41) is 3.26. The van der Waals surface area contributed by atoms with E-state index in [-0.39, 0.29) is 18.4 Å². The van der Waals surface area contributed by atoms with E-state index in [2.05, 4.69) is 19.2 Å². The third-order valence-electron chi connectivity index (χ3n) is 2.05. The Kier molecular flexibility index (Phi) is 5.25. The van der Waals surface area contributed by atoms with Crippen molar-refractivity contribution in [1.82, 2.24) is 5.32 Å². The number of halogens is 1. The van der Waals surface area contributed by atoms with Crippen molar-refractivity contribution >= 4 is 9.84 Å². The topological polar surface area (TPSA) is 46.2 Å². The summed E-state index contributed by atoms with van der Waals surface area (Å²) in [5.41, 5.74) is 0. The molecule has 1 rings (SSSR count). The van der Waals surface area contributed by atoms with Crippen LogP contribution in [-0.2, 0) is 9.84 Å². The first-order valence-electron chi connectivity index (χ1n) is 4.43. The zero-order chi connectivity index (χ0) is 9.19. The first-order chi connectivity index (χ1) is 5.49. The minimum Gasteiger partial charge on any atom is -1.00 e. The first kappa shape index (κ1) is 13.2. The van der Waals surface area contributed by atoms with E-state index in [0.29, 0.717) is 17.4 Å². The second-order valence-corrected chi connectivity index (χ2v) is 6.13. The average molecular weight is 227 g/mol. The summed E-state index contributed by atoms with van der Waals surface area (Å²) in [7, 11) is -2.71. The molecule has 1 saturated heterocycles. The van der Waals surface area contributed by atoms with Gasteiger partial charge in [0.1, 0.15) is 0 Å². The zero-order valence-corrected chi connectivity index (χ0v) is 9.66. The van der Waals surface area contributed by atoms with E-state index in [1.165, 1.54) is 0 Å². The van der Waals surface area contributed by atoms with Crippen molar-refractivity contribution in [2.75, 3.05) is 18.1 Å². The van der Waals surface area contributed by atoms with Crippen molar-refractivity contribution < 1.29 is 20.8 Å². The largest absolute Gasteiger partial charge is 1.00 e. The van der Waals surface area contributed by atoms with Crippen LogP contribution in [0.2, 0.25) is 0 Å². The summed E-state index contributed by atoms with van der Waals surface area (Å²) < 4.78 is 22.1. The van der Waals surface area contributed by atoms with E-state index in [1.807, 2.05) is 0 Å². The van der Waals surface area contributed by atoms with E-state index in [1.54, 1.807) is 0 Å². The molecule has 1 atom stereocenters. The quantitative estimate of drug-likeness (QED) is 0.575. The molecule has 1 aliphatic rings. The number of sulfone groups is 1. The van der Waals surface area contributed by atoms with Crippen LogP contribution < -0.4 is 17.7 Å². The summed E-state index contributed by atoms with van der Waals surface area (Å²) in [6, 6.07) is 0.206. The van der Waals surface area contributed by atoms with Gasteiger partial charge in [-0.1, -0.05) is 13.8 Å². The maximum absolute atomic E-state index is 11.0. The van der Waals surface area contributed by atoms with Gasteiger partial charge in [0.05, 0.1) is 11.5 Å². The zero-order valence-electron chi connectivity index (χ0n) is 8.09. The van der Waals surface area contributed by atoms with Crippen molar-refractivity contribution in [2.45, 2.75) is 26.3 Å². The summed E-state index contributed by atoms with van der Waals surface area (Å²) in [5.74, 6) is 1.29. The van der Waals surface area contributed by atoms with Crippen LogP contribution in [0.3, 0.4) is 0 Å². The molecule has 13 heavy (non-hydrogen) atoms. The fourth-order valence-corrected chi connectivity index (χ4v) is 3.07. The summed E-state index contributed by atoms with van der Waals surface area (Å²) in [6.45, 7) is 5.16. The molecule has 0 spiro atoms. The lowest BCUT2D eigenvalue weighted by Gasteiger charge is -2.12. The molecule has 0 aromatic carbocycles. The minimum atomic E-state index is -2.71. The van der Waals surface area contributed by atoms with Gasteiger partial charge in [-0.15, -0.1) is 0 Å². The summed E-state index contributed by atoms with van der Waals surface area (Å²) >= 11 is 0. The van der Waals surface area contributed by atoms with Gasteiger partial charge in [0, 0.05) is 6.04 Å². The Hall–Kier alpha value is 0.200. The van der Waals surface area contributed by atoms with Crippen molar-refractivity contribution in [3.8, 4) is 0 Å². The number of hydrogen-bond donors (Lipinski definition) is 1. The van der Waals surface area contributed by atoms with Crippen LogP contribution in [0.25, 0.3) is 0 Å². The maximum Gasteiger partial charge on any atom is 0.151 e. The molecular weight excluding hydrogens is 210 g/mol. The third-order valence-corrected chi connectivity index (χ3v) is 3.82. The molecular formula is C8H17ClNO2S-. The molecule has 0 aromatic heterocycles. The van der Waals surface area contributed by atoms with Crippen LogP contribution in [0.4, 0.5) is 0 Å². The van der Waals surface area contributed by atoms with E-state index in [0.717, 1.165) is 13.0 Å². The van der Waals surface area contributed by atoms with Gasteiger partial charge < -0.3 is 17.7 Å². The van der Waals surface area contributed by atoms with Crippen LogP contribution in [0.15, 0.2) is 0 Å². The Morgan fingerprint density at radius 1 is 1.46 bits per heavy atom. The molecule has 0 bridgehead atoms. The minimum absolute atomic E-state index is 0. The van der Waals surface area contributed by atoms with Gasteiger partial charge in [0.25, 0.3) is 0 Å². The third kappa shape index (κ3) is 4.84. The van der Waals surface area contributed by atoms with Gasteiger partial charge in [0.2, 0.25) is 0 Å². The highest BCUT2D eigenvalue weighted by Gasteiger charge is 2.27. The Bertz CT molecular complexity index is 239. The molecule has 5 heteroatoms. The van der Waals surface area contributed by atoms with Gasteiger partial charge in [-0.2, -0.15) is 0 Å². The van der Waals surface area contributed by atoms with Crippen LogP contribution in [0.5, 0.6) is 0 Å². The fourth-order valence-electron chi connectivity index (χ4n) is 1.36. The molecule has 0 saturated carbocycles. The molecule has 1 fully saturated rings. The molecule has 80 valence electrons. The molecule has 0 radical (unpaired) electrons. The van der Waals surface area contributed by atoms with E-state index < -0.39 is 9.84 Å². The molecule has 1 aliphatic heterocycles. The highest BCUT2D eigenvalue weighted by Crippen LogP contribution is 2.11. The standard InChI is InChI=1S/C8H17NO2S.ClH/c1-7(2)5-9-8-3-4-12(10,11)6-8;/h7-9H,3-6H2,1-2H3;1H/p-1. The Morgan fingerprint density at radius 3 is 2.46 bits per heavy atom. The number of rotatable bonds is 3. The smallest absolute Gasteiger partial charge is 0.151 e. The van der Waals surface area contributed by atoms with Crippen LogP contribution in [-0.4, -0.2) is 32.5 Å². The van der Waals surface area contributed by atoms with Crippen molar-refractivity contribution in [3.63, 3.8) is 0 Å². The average Bonchev–Trinajstić information content (AvgIpc) is 2.26. The highest BCUT2D eigenvalue weighted by molar-refractivity contribution is 7.91. The summed E-state index contributed by atoms with van der Waals surface area (Å²) in [4.78, 5) is 0. The predicted molar refractivity (Wildman–Crippen MR) is 49.9 cm³/mol. The second kappa shape index (κ2) is 5.17.